The highest BCUT2D eigenvalue weighted by Crippen LogP contribution is 2.26. The van der Waals surface area contributed by atoms with Gasteiger partial charge in [-0.1, -0.05) is 35.9 Å². The Morgan fingerprint density at radius 1 is 0.800 bits per heavy atom. The van der Waals surface area contributed by atoms with E-state index in [9.17, 15) is 8.42 Å². The zero-order chi connectivity index (χ0) is 17.9. The Balaban J connectivity index is 1.77. The second-order valence-corrected chi connectivity index (χ2v) is 7.49. The van der Waals surface area contributed by atoms with E-state index in [-0.39, 0.29) is 4.90 Å². The van der Waals surface area contributed by atoms with Gasteiger partial charge in [0.25, 0.3) is 10.0 Å². The van der Waals surface area contributed by atoms with Gasteiger partial charge < -0.3 is 4.74 Å². The van der Waals surface area contributed by atoms with Gasteiger partial charge in [0.2, 0.25) is 0 Å². The quantitative estimate of drug-likeness (QED) is 0.710. The Morgan fingerprint density at radius 3 is 2.08 bits per heavy atom. The summed E-state index contributed by atoms with van der Waals surface area (Å²) in [7, 11) is -3.63. The number of anilines is 1. The van der Waals surface area contributed by atoms with Gasteiger partial charge in [0.15, 0.2) is 0 Å². The summed E-state index contributed by atoms with van der Waals surface area (Å²) in [5.74, 6) is 1.33. The van der Waals surface area contributed by atoms with Crippen molar-refractivity contribution >= 4 is 15.7 Å². The lowest BCUT2D eigenvalue weighted by Crippen LogP contribution is -2.12. The van der Waals surface area contributed by atoms with Gasteiger partial charge in [-0.15, -0.1) is 0 Å². The van der Waals surface area contributed by atoms with Crippen LogP contribution in [0.1, 0.15) is 11.1 Å². The minimum atomic E-state index is -3.63. The number of nitrogens with one attached hydrogen (secondary N) is 1. The van der Waals surface area contributed by atoms with Gasteiger partial charge in [-0.25, -0.2) is 8.42 Å². The molecular weight excluding hydrogens is 334 g/mol. The normalized spacial score (nSPS) is 11.1. The largest absolute Gasteiger partial charge is 0.457 e. The van der Waals surface area contributed by atoms with Gasteiger partial charge >= 0.3 is 0 Å². The van der Waals surface area contributed by atoms with Crippen molar-refractivity contribution in [2.24, 2.45) is 0 Å². The van der Waals surface area contributed by atoms with Gasteiger partial charge in [-0.05, 0) is 61.9 Å². The molecule has 0 saturated heterocycles. The number of ether oxygens (including phenoxy) is 1. The first-order chi connectivity index (χ1) is 11.9. The summed E-state index contributed by atoms with van der Waals surface area (Å²) in [6.07, 6.45) is 0. The summed E-state index contributed by atoms with van der Waals surface area (Å²) in [5.41, 5.74) is 2.62. The first kappa shape index (κ1) is 17.0. The molecular formula is C20H19NO3S. The Morgan fingerprint density at radius 2 is 1.44 bits per heavy atom. The molecule has 3 aromatic carbocycles. The number of benzene rings is 3. The van der Waals surface area contributed by atoms with Crippen molar-refractivity contribution in [3.05, 3.63) is 83.9 Å². The van der Waals surface area contributed by atoms with Crippen LogP contribution in [0.15, 0.2) is 77.7 Å². The molecule has 0 aliphatic heterocycles. The molecule has 3 rings (SSSR count). The third kappa shape index (κ3) is 4.19. The van der Waals surface area contributed by atoms with Crippen molar-refractivity contribution in [3.8, 4) is 11.5 Å². The molecule has 0 bridgehead atoms. The number of sulfonamides is 1. The maximum Gasteiger partial charge on any atom is 0.261 e. The minimum absolute atomic E-state index is 0.185. The molecule has 3 aromatic rings. The summed E-state index contributed by atoms with van der Waals surface area (Å²) >= 11 is 0. The highest BCUT2D eigenvalue weighted by Gasteiger charge is 2.14. The van der Waals surface area contributed by atoms with E-state index in [0.717, 1.165) is 16.9 Å². The summed E-state index contributed by atoms with van der Waals surface area (Å²) in [4.78, 5) is 0.185. The van der Waals surface area contributed by atoms with Crippen LogP contribution in [0.4, 0.5) is 5.69 Å². The Kier molecular flexibility index (Phi) is 4.76. The number of aryl methyl sites for hydroxylation is 2. The molecule has 0 aliphatic carbocycles. The molecule has 0 fully saturated rings. The second kappa shape index (κ2) is 6.99. The van der Waals surface area contributed by atoms with E-state index in [1.165, 1.54) is 12.1 Å². The van der Waals surface area contributed by atoms with E-state index in [4.69, 9.17) is 4.74 Å². The average molecular weight is 353 g/mol. The van der Waals surface area contributed by atoms with Crippen LogP contribution in [-0.2, 0) is 10.0 Å². The average Bonchev–Trinajstić information content (AvgIpc) is 2.59. The van der Waals surface area contributed by atoms with Crippen molar-refractivity contribution in [1.82, 2.24) is 0 Å². The SMILES string of the molecule is Cc1ccc(NS(=O)(=O)c2ccc(Oc3ccccc3C)cc2)cc1. The number of para-hydroxylation sites is 1. The molecule has 0 amide bonds. The first-order valence-electron chi connectivity index (χ1n) is 7.87. The van der Waals surface area contributed by atoms with Crippen LogP contribution >= 0.6 is 0 Å². The van der Waals surface area contributed by atoms with E-state index in [2.05, 4.69) is 4.72 Å². The summed E-state index contributed by atoms with van der Waals surface area (Å²) in [6, 6.07) is 21.2. The maximum absolute atomic E-state index is 12.5. The van der Waals surface area contributed by atoms with E-state index >= 15 is 0 Å². The lowest BCUT2D eigenvalue weighted by molar-refractivity contribution is 0.478. The first-order valence-corrected chi connectivity index (χ1v) is 9.35. The monoisotopic (exact) mass is 353 g/mol. The van der Waals surface area contributed by atoms with Crippen LogP contribution in [0.5, 0.6) is 11.5 Å². The highest BCUT2D eigenvalue weighted by atomic mass is 32.2. The van der Waals surface area contributed by atoms with Gasteiger partial charge in [0.1, 0.15) is 11.5 Å². The fraction of sp³-hybridized carbons (Fsp3) is 0.100. The van der Waals surface area contributed by atoms with Crippen molar-refractivity contribution in [1.29, 1.82) is 0 Å². The van der Waals surface area contributed by atoms with Crippen LogP contribution in [0.3, 0.4) is 0 Å². The zero-order valence-corrected chi connectivity index (χ0v) is 14.9. The summed E-state index contributed by atoms with van der Waals surface area (Å²) in [6.45, 7) is 3.91. The molecule has 0 heterocycles. The molecule has 4 nitrogen and oxygen atoms in total. The Hall–Kier alpha value is -2.79. The van der Waals surface area contributed by atoms with Crippen molar-refractivity contribution in [2.75, 3.05) is 4.72 Å². The van der Waals surface area contributed by atoms with E-state index in [0.29, 0.717) is 11.4 Å². The van der Waals surface area contributed by atoms with Gasteiger partial charge in [-0.2, -0.15) is 0 Å². The van der Waals surface area contributed by atoms with E-state index < -0.39 is 10.0 Å². The molecule has 0 radical (unpaired) electrons. The highest BCUT2D eigenvalue weighted by molar-refractivity contribution is 7.92. The van der Waals surface area contributed by atoms with Crippen molar-refractivity contribution in [3.63, 3.8) is 0 Å². The fourth-order valence-electron chi connectivity index (χ4n) is 2.32. The van der Waals surface area contributed by atoms with Crippen LogP contribution in [0.25, 0.3) is 0 Å². The predicted molar refractivity (Wildman–Crippen MR) is 99.7 cm³/mol. The minimum Gasteiger partial charge on any atom is -0.457 e. The molecule has 0 saturated carbocycles. The third-order valence-corrected chi connectivity index (χ3v) is 5.16. The fourth-order valence-corrected chi connectivity index (χ4v) is 3.38. The van der Waals surface area contributed by atoms with E-state index in [1.54, 1.807) is 24.3 Å². The standard InChI is InChI=1S/C20H19NO3S/c1-15-7-9-17(10-8-15)21-25(22,23)19-13-11-18(12-14-19)24-20-6-4-3-5-16(20)2/h3-14,21H,1-2H3. The lowest BCUT2D eigenvalue weighted by atomic mass is 10.2. The van der Waals surface area contributed by atoms with Crippen molar-refractivity contribution in [2.45, 2.75) is 18.7 Å². The second-order valence-electron chi connectivity index (χ2n) is 5.81. The molecule has 0 atom stereocenters. The summed E-state index contributed by atoms with van der Waals surface area (Å²) < 4.78 is 33.3. The van der Waals surface area contributed by atoms with Crippen LogP contribution in [0.2, 0.25) is 0 Å². The van der Waals surface area contributed by atoms with Gasteiger partial charge in [-0.3, -0.25) is 4.72 Å². The predicted octanol–water partition coefficient (Wildman–Crippen LogP) is 4.90. The molecule has 0 aromatic heterocycles. The van der Waals surface area contributed by atoms with Crippen LogP contribution < -0.4 is 9.46 Å². The third-order valence-electron chi connectivity index (χ3n) is 3.76. The Bertz CT molecular complexity index is 963. The van der Waals surface area contributed by atoms with Gasteiger partial charge in [0.05, 0.1) is 4.90 Å². The molecule has 25 heavy (non-hydrogen) atoms. The summed E-state index contributed by atoms with van der Waals surface area (Å²) in [5, 5.41) is 0. The molecule has 128 valence electrons. The molecule has 0 unspecified atom stereocenters. The molecule has 1 N–H and O–H groups in total. The molecule has 0 aliphatic rings. The van der Waals surface area contributed by atoms with Crippen LogP contribution in [0, 0.1) is 13.8 Å². The van der Waals surface area contributed by atoms with Crippen molar-refractivity contribution < 1.29 is 13.2 Å². The van der Waals surface area contributed by atoms with Crippen LogP contribution in [-0.4, -0.2) is 8.42 Å². The topological polar surface area (TPSA) is 55.4 Å². The number of rotatable bonds is 5. The molecule has 5 heteroatoms. The Labute approximate surface area is 148 Å². The zero-order valence-electron chi connectivity index (χ0n) is 14.1. The lowest BCUT2D eigenvalue weighted by Gasteiger charge is -2.11. The number of hydrogen-bond acceptors (Lipinski definition) is 3. The van der Waals surface area contributed by atoms with E-state index in [1.807, 2.05) is 50.2 Å². The smallest absolute Gasteiger partial charge is 0.261 e. The maximum atomic E-state index is 12.5. The van der Waals surface area contributed by atoms with Gasteiger partial charge in [0, 0.05) is 5.69 Å². The molecule has 0 spiro atoms. The number of hydrogen-bond donors (Lipinski definition) is 1.